The minimum atomic E-state index is -0.510. The van der Waals surface area contributed by atoms with Crippen LogP contribution >= 0.6 is 15.9 Å². The van der Waals surface area contributed by atoms with Crippen molar-refractivity contribution in [3.8, 4) is 5.75 Å². The van der Waals surface area contributed by atoms with Gasteiger partial charge in [0.05, 0.1) is 31.4 Å². The topological polar surface area (TPSA) is 115 Å². The summed E-state index contributed by atoms with van der Waals surface area (Å²) in [5.41, 5.74) is 6.62. The van der Waals surface area contributed by atoms with Crippen LogP contribution in [-0.4, -0.2) is 40.7 Å². The minimum Gasteiger partial charge on any atom is -0.496 e. The van der Waals surface area contributed by atoms with E-state index in [2.05, 4.69) is 21.2 Å². The molecule has 4 N–H and O–H groups in total. The van der Waals surface area contributed by atoms with Gasteiger partial charge in [0.15, 0.2) is 0 Å². The molecule has 0 spiro atoms. The molecular weight excluding hydrogens is 478 g/mol. The first kappa shape index (κ1) is 24.3. The van der Waals surface area contributed by atoms with E-state index in [0.717, 1.165) is 27.4 Å². The lowest BCUT2D eigenvalue weighted by Gasteiger charge is -2.29. The SMILES string of the molecule is CCn1c(=O)c(N(CNC2CCCC2)Cc2ccc(OC)c(Br)c2)c(N)n(CCO)c1=O. The molecule has 0 atom stereocenters. The van der Waals surface area contributed by atoms with Crippen LogP contribution in [0.1, 0.15) is 38.2 Å². The predicted molar refractivity (Wildman–Crippen MR) is 129 cm³/mol. The van der Waals surface area contributed by atoms with Gasteiger partial charge in [-0.3, -0.25) is 19.2 Å². The Hall–Kier alpha value is -2.30. The van der Waals surface area contributed by atoms with Crippen molar-refractivity contribution in [2.75, 3.05) is 31.0 Å². The van der Waals surface area contributed by atoms with Crippen molar-refractivity contribution >= 4 is 27.4 Å². The molecule has 3 rings (SSSR count). The summed E-state index contributed by atoms with van der Waals surface area (Å²) in [7, 11) is 1.61. The van der Waals surface area contributed by atoms with E-state index >= 15 is 0 Å². The molecule has 1 heterocycles. The maximum Gasteiger partial charge on any atom is 0.332 e. The van der Waals surface area contributed by atoms with Crippen molar-refractivity contribution < 1.29 is 9.84 Å². The molecule has 1 aromatic carbocycles. The smallest absolute Gasteiger partial charge is 0.332 e. The van der Waals surface area contributed by atoms with Gasteiger partial charge in [0, 0.05) is 19.1 Å². The molecule has 1 aliphatic carbocycles. The Morgan fingerprint density at radius 2 is 2.00 bits per heavy atom. The number of anilines is 2. The van der Waals surface area contributed by atoms with Gasteiger partial charge in [-0.05, 0) is 53.4 Å². The molecule has 2 aromatic rings. The van der Waals surface area contributed by atoms with Crippen LogP contribution in [0.2, 0.25) is 0 Å². The number of nitrogen functional groups attached to an aromatic ring is 1. The highest BCUT2D eigenvalue weighted by molar-refractivity contribution is 9.10. The van der Waals surface area contributed by atoms with Crippen molar-refractivity contribution in [1.29, 1.82) is 0 Å². The van der Waals surface area contributed by atoms with Crippen molar-refractivity contribution in [3.05, 3.63) is 49.1 Å². The third kappa shape index (κ3) is 5.19. The highest BCUT2D eigenvalue weighted by atomic mass is 79.9. The number of hydrogen-bond acceptors (Lipinski definition) is 7. The van der Waals surface area contributed by atoms with E-state index in [9.17, 15) is 14.7 Å². The van der Waals surface area contributed by atoms with E-state index < -0.39 is 11.2 Å². The van der Waals surface area contributed by atoms with E-state index in [0.29, 0.717) is 25.0 Å². The molecule has 0 saturated heterocycles. The van der Waals surface area contributed by atoms with Gasteiger partial charge in [-0.1, -0.05) is 18.9 Å². The predicted octanol–water partition coefficient (Wildman–Crippen LogP) is 1.87. The molecule has 10 heteroatoms. The highest BCUT2D eigenvalue weighted by Gasteiger charge is 2.23. The number of methoxy groups -OCH3 is 1. The van der Waals surface area contributed by atoms with Crippen molar-refractivity contribution in [3.63, 3.8) is 0 Å². The Balaban J connectivity index is 2.05. The molecule has 176 valence electrons. The number of ether oxygens (including phenoxy) is 1. The average molecular weight is 510 g/mol. The number of halogens is 1. The van der Waals surface area contributed by atoms with Crippen LogP contribution in [0.25, 0.3) is 0 Å². The normalized spacial score (nSPS) is 14.1. The summed E-state index contributed by atoms with van der Waals surface area (Å²) in [5, 5.41) is 13.0. The first-order valence-electron chi connectivity index (χ1n) is 11.0. The third-order valence-electron chi connectivity index (χ3n) is 5.91. The van der Waals surface area contributed by atoms with Crippen molar-refractivity contribution in [2.45, 2.75) is 58.3 Å². The summed E-state index contributed by atoms with van der Waals surface area (Å²) >= 11 is 3.52. The molecule has 0 radical (unpaired) electrons. The number of aromatic nitrogens is 2. The standard InChI is InChI=1S/C22H32BrN5O4/c1-3-27-21(30)19(20(24)28(10-11-29)22(27)31)26(14-25-16-6-4-5-7-16)13-15-8-9-18(32-2)17(23)12-15/h8-9,12,16,25,29H,3-7,10-11,13-14,24H2,1-2H3. The first-order valence-corrected chi connectivity index (χ1v) is 11.7. The van der Waals surface area contributed by atoms with Crippen LogP contribution < -0.4 is 31.9 Å². The fraction of sp³-hybridized carbons (Fsp3) is 0.545. The Bertz CT molecular complexity index is 1050. The lowest BCUT2D eigenvalue weighted by Crippen LogP contribution is -2.47. The molecule has 0 aliphatic heterocycles. The molecule has 9 nitrogen and oxygen atoms in total. The van der Waals surface area contributed by atoms with Gasteiger partial charge in [-0.2, -0.15) is 0 Å². The summed E-state index contributed by atoms with van der Waals surface area (Å²) in [5.74, 6) is 0.785. The monoisotopic (exact) mass is 509 g/mol. The van der Waals surface area contributed by atoms with E-state index in [4.69, 9.17) is 10.5 Å². The van der Waals surface area contributed by atoms with Crippen LogP contribution in [0, 0.1) is 0 Å². The summed E-state index contributed by atoms with van der Waals surface area (Å²) in [6, 6.07) is 6.13. The van der Waals surface area contributed by atoms with E-state index in [1.807, 2.05) is 23.1 Å². The fourth-order valence-electron chi connectivity index (χ4n) is 4.20. The third-order valence-corrected chi connectivity index (χ3v) is 6.53. The summed E-state index contributed by atoms with van der Waals surface area (Å²) in [4.78, 5) is 27.9. The van der Waals surface area contributed by atoms with Crippen LogP contribution in [0.5, 0.6) is 5.75 Å². The lowest BCUT2D eigenvalue weighted by molar-refractivity contribution is 0.272. The Morgan fingerprint density at radius 3 is 2.59 bits per heavy atom. The summed E-state index contributed by atoms with van der Waals surface area (Å²) in [6.45, 7) is 2.55. The second-order valence-corrected chi connectivity index (χ2v) is 8.81. The van der Waals surface area contributed by atoms with E-state index in [1.165, 1.54) is 17.4 Å². The van der Waals surface area contributed by atoms with E-state index in [-0.39, 0.29) is 31.2 Å². The number of rotatable bonds is 10. The van der Waals surface area contributed by atoms with Gasteiger partial charge in [0.25, 0.3) is 5.56 Å². The van der Waals surface area contributed by atoms with Gasteiger partial charge < -0.3 is 20.5 Å². The molecule has 1 fully saturated rings. The fourth-order valence-corrected chi connectivity index (χ4v) is 4.79. The van der Waals surface area contributed by atoms with Crippen LogP contribution in [0.15, 0.2) is 32.3 Å². The largest absolute Gasteiger partial charge is 0.496 e. The molecule has 0 amide bonds. The lowest BCUT2D eigenvalue weighted by atomic mass is 10.2. The van der Waals surface area contributed by atoms with Crippen LogP contribution in [-0.2, 0) is 19.6 Å². The van der Waals surface area contributed by atoms with Gasteiger partial charge in [0.2, 0.25) is 0 Å². The number of nitrogens with two attached hydrogens (primary N) is 1. The quantitative estimate of drug-likeness (QED) is 0.418. The summed E-state index contributed by atoms with van der Waals surface area (Å²) < 4.78 is 8.56. The molecule has 0 bridgehead atoms. The Labute approximate surface area is 195 Å². The number of aliphatic hydroxyl groups excluding tert-OH is 1. The zero-order chi connectivity index (χ0) is 23.3. The molecule has 0 unspecified atom stereocenters. The van der Waals surface area contributed by atoms with E-state index in [1.54, 1.807) is 14.0 Å². The Kier molecular flexibility index (Phi) is 8.38. The van der Waals surface area contributed by atoms with Gasteiger partial charge in [-0.25, -0.2) is 4.79 Å². The summed E-state index contributed by atoms with van der Waals surface area (Å²) in [6.07, 6.45) is 4.58. The molecule has 1 saturated carbocycles. The zero-order valence-corrected chi connectivity index (χ0v) is 20.2. The number of nitrogens with one attached hydrogen (secondary N) is 1. The Morgan fingerprint density at radius 1 is 1.28 bits per heavy atom. The maximum atomic E-state index is 13.3. The maximum absolute atomic E-state index is 13.3. The number of hydrogen-bond donors (Lipinski definition) is 3. The molecule has 1 aliphatic rings. The van der Waals surface area contributed by atoms with Crippen molar-refractivity contribution in [1.82, 2.24) is 14.5 Å². The number of benzene rings is 1. The second-order valence-electron chi connectivity index (χ2n) is 7.95. The van der Waals surface area contributed by atoms with Gasteiger partial charge >= 0.3 is 5.69 Å². The van der Waals surface area contributed by atoms with Crippen molar-refractivity contribution in [2.24, 2.45) is 0 Å². The number of nitrogens with zero attached hydrogens (tertiary/aromatic N) is 3. The minimum absolute atomic E-state index is 0.0237. The number of aliphatic hydroxyl groups is 1. The molecular formula is C22H32BrN5O4. The highest BCUT2D eigenvalue weighted by Crippen LogP contribution is 2.27. The van der Waals surface area contributed by atoms with Crippen LogP contribution in [0.4, 0.5) is 11.5 Å². The van der Waals surface area contributed by atoms with Gasteiger partial charge in [-0.15, -0.1) is 0 Å². The molecule has 32 heavy (non-hydrogen) atoms. The second kappa shape index (κ2) is 11.0. The molecule has 1 aromatic heterocycles. The average Bonchev–Trinajstić information content (AvgIpc) is 3.29. The van der Waals surface area contributed by atoms with Crippen LogP contribution in [0.3, 0.4) is 0 Å². The first-order chi connectivity index (χ1) is 15.4. The van der Waals surface area contributed by atoms with Gasteiger partial charge in [0.1, 0.15) is 17.3 Å². The zero-order valence-electron chi connectivity index (χ0n) is 18.6.